The summed E-state index contributed by atoms with van der Waals surface area (Å²) in [5, 5.41) is 12.7. The van der Waals surface area contributed by atoms with E-state index in [1.54, 1.807) is 6.20 Å². The molecular formula is C19H16N4. The van der Waals surface area contributed by atoms with Crippen LogP contribution in [-0.2, 0) is 6.42 Å². The predicted octanol–water partition coefficient (Wildman–Crippen LogP) is 3.29. The maximum atomic E-state index is 8.97. The van der Waals surface area contributed by atoms with Gasteiger partial charge in [0.1, 0.15) is 5.84 Å². The fourth-order valence-electron chi connectivity index (χ4n) is 2.40. The Labute approximate surface area is 135 Å². The van der Waals surface area contributed by atoms with E-state index in [2.05, 4.69) is 27.4 Å². The average molecular weight is 300 g/mol. The minimum Gasteiger partial charge on any atom is -0.277 e. The highest BCUT2D eigenvalue weighted by molar-refractivity contribution is 6.01. The Hall–Kier alpha value is -3.19. The number of fused-ring (bicyclic) bond motifs is 1. The molecule has 4 nitrogen and oxygen atoms in total. The Morgan fingerprint density at radius 3 is 2.70 bits per heavy atom. The normalized spacial score (nSPS) is 11.2. The van der Waals surface area contributed by atoms with Gasteiger partial charge in [-0.05, 0) is 24.1 Å². The van der Waals surface area contributed by atoms with Crippen molar-refractivity contribution in [1.82, 2.24) is 10.3 Å². The SMILES string of the molecule is N#CNC(=NCCc1ccccc1)c1cnc2ccccc2c1. The molecule has 0 unspecified atom stereocenters. The first-order valence-electron chi connectivity index (χ1n) is 7.45. The summed E-state index contributed by atoms with van der Waals surface area (Å²) in [6, 6.07) is 20.1. The zero-order valence-corrected chi connectivity index (χ0v) is 12.6. The summed E-state index contributed by atoms with van der Waals surface area (Å²) < 4.78 is 0. The Kier molecular flexibility index (Phi) is 4.61. The fourth-order valence-corrected chi connectivity index (χ4v) is 2.40. The number of aliphatic imine (C=N–C) groups is 1. The Balaban J connectivity index is 1.81. The van der Waals surface area contributed by atoms with Crippen molar-refractivity contribution in [2.24, 2.45) is 4.99 Å². The summed E-state index contributed by atoms with van der Waals surface area (Å²) in [6.07, 6.45) is 4.53. The van der Waals surface area contributed by atoms with E-state index in [0.29, 0.717) is 12.4 Å². The van der Waals surface area contributed by atoms with E-state index in [0.717, 1.165) is 22.9 Å². The molecule has 1 N–H and O–H groups in total. The Bertz CT molecular complexity index is 863. The van der Waals surface area contributed by atoms with Crippen LogP contribution in [-0.4, -0.2) is 17.4 Å². The van der Waals surface area contributed by atoms with Crippen LogP contribution in [0.3, 0.4) is 0 Å². The first-order valence-corrected chi connectivity index (χ1v) is 7.45. The summed E-state index contributed by atoms with van der Waals surface area (Å²) in [7, 11) is 0. The van der Waals surface area contributed by atoms with Gasteiger partial charge in [0.25, 0.3) is 0 Å². The molecule has 0 atom stereocenters. The van der Waals surface area contributed by atoms with E-state index in [9.17, 15) is 0 Å². The van der Waals surface area contributed by atoms with Gasteiger partial charge in [-0.1, -0.05) is 48.5 Å². The molecule has 0 saturated carbocycles. The molecule has 0 fully saturated rings. The highest BCUT2D eigenvalue weighted by Gasteiger charge is 2.05. The van der Waals surface area contributed by atoms with Crippen LogP contribution in [0.4, 0.5) is 0 Å². The molecule has 0 aliphatic rings. The summed E-state index contributed by atoms with van der Waals surface area (Å²) in [6.45, 7) is 0.612. The van der Waals surface area contributed by atoms with Gasteiger partial charge < -0.3 is 0 Å². The molecule has 112 valence electrons. The molecule has 3 rings (SSSR count). The third kappa shape index (κ3) is 3.72. The van der Waals surface area contributed by atoms with Gasteiger partial charge in [0.2, 0.25) is 0 Å². The second kappa shape index (κ2) is 7.19. The van der Waals surface area contributed by atoms with Crippen LogP contribution >= 0.6 is 0 Å². The molecule has 2 aromatic carbocycles. The lowest BCUT2D eigenvalue weighted by Crippen LogP contribution is -2.20. The van der Waals surface area contributed by atoms with Gasteiger partial charge in [0, 0.05) is 23.7 Å². The molecule has 0 spiro atoms. The van der Waals surface area contributed by atoms with Gasteiger partial charge in [-0.15, -0.1) is 0 Å². The standard InChI is InChI=1S/C19H16N4/c20-14-23-19(21-11-10-15-6-2-1-3-7-15)17-12-16-8-4-5-9-18(16)22-13-17/h1-9,12-13H,10-11H2,(H,21,23). The van der Waals surface area contributed by atoms with Crippen LogP contribution in [0, 0.1) is 11.5 Å². The number of rotatable bonds is 4. The summed E-state index contributed by atoms with van der Waals surface area (Å²) in [5.41, 5.74) is 2.97. The lowest BCUT2D eigenvalue weighted by atomic mass is 10.1. The third-order valence-electron chi connectivity index (χ3n) is 3.55. The van der Waals surface area contributed by atoms with E-state index < -0.39 is 0 Å². The molecular weight excluding hydrogens is 284 g/mol. The zero-order chi connectivity index (χ0) is 15.9. The minimum absolute atomic E-state index is 0.557. The maximum absolute atomic E-state index is 8.97. The quantitative estimate of drug-likeness (QED) is 0.348. The second-order valence-electron chi connectivity index (χ2n) is 5.12. The van der Waals surface area contributed by atoms with Crippen molar-refractivity contribution in [3.05, 3.63) is 78.0 Å². The average Bonchev–Trinajstić information content (AvgIpc) is 2.61. The van der Waals surface area contributed by atoms with Crippen molar-refractivity contribution in [1.29, 1.82) is 5.26 Å². The molecule has 4 heteroatoms. The number of nitrogens with zero attached hydrogens (tertiary/aromatic N) is 3. The smallest absolute Gasteiger partial charge is 0.182 e. The molecule has 3 aromatic rings. The topological polar surface area (TPSA) is 61.1 Å². The number of aromatic nitrogens is 1. The first-order chi connectivity index (χ1) is 11.4. The lowest BCUT2D eigenvalue weighted by molar-refractivity contribution is 0.958. The molecule has 0 aliphatic carbocycles. The molecule has 1 heterocycles. The molecule has 1 aromatic heterocycles. The Morgan fingerprint density at radius 2 is 1.87 bits per heavy atom. The van der Waals surface area contributed by atoms with Crippen LogP contribution in [0.15, 0.2) is 71.9 Å². The van der Waals surface area contributed by atoms with E-state index in [-0.39, 0.29) is 0 Å². The van der Waals surface area contributed by atoms with Crippen LogP contribution in [0.2, 0.25) is 0 Å². The van der Waals surface area contributed by atoms with Crippen molar-refractivity contribution in [2.75, 3.05) is 6.54 Å². The Morgan fingerprint density at radius 1 is 1.09 bits per heavy atom. The number of hydrogen-bond donors (Lipinski definition) is 1. The number of benzene rings is 2. The van der Waals surface area contributed by atoms with Gasteiger partial charge in [-0.2, -0.15) is 5.26 Å². The number of nitriles is 1. The fraction of sp³-hybridized carbons (Fsp3) is 0.105. The van der Waals surface area contributed by atoms with Gasteiger partial charge in [0.15, 0.2) is 6.19 Å². The van der Waals surface area contributed by atoms with Crippen LogP contribution in [0.25, 0.3) is 10.9 Å². The van der Waals surface area contributed by atoms with Crippen LogP contribution < -0.4 is 5.32 Å². The zero-order valence-electron chi connectivity index (χ0n) is 12.6. The number of pyridine rings is 1. The highest BCUT2D eigenvalue weighted by atomic mass is 15.0. The van der Waals surface area contributed by atoms with Crippen molar-refractivity contribution in [3.8, 4) is 6.19 Å². The van der Waals surface area contributed by atoms with E-state index in [4.69, 9.17) is 5.26 Å². The number of amidine groups is 1. The highest BCUT2D eigenvalue weighted by Crippen LogP contribution is 2.13. The minimum atomic E-state index is 0.557. The monoisotopic (exact) mass is 300 g/mol. The van der Waals surface area contributed by atoms with Gasteiger partial charge >= 0.3 is 0 Å². The van der Waals surface area contributed by atoms with E-state index in [1.807, 2.05) is 54.7 Å². The predicted molar refractivity (Wildman–Crippen MR) is 92.0 cm³/mol. The van der Waals surface area contributed by atoms with Crippen LogP contribution in [0.5, 0.6) is 0 Å². The molecule has 0 bridgehead atoms. The number of hydrogen-bond acceptors (Lipinski definition) is 3. The van der Waals surface area contributed by atoms with Crippen LogP contribution in [0.1, 0.15) is 11.1 Å². The molecule has 23 heavy (non-hydrogen) atoms. The van der Waals surface area contributed by atoms with Crippen molar-refractivity contribution in [3.63, 3.8) is 0 Å². The van der Waals surface area contributed by atoms with Gasteiger partial charge in [-0.3, -0.25) is 15.3 Å². The van der Waals surface area contributed by atoms with Crippen molar-refractivity contribution >= 4 is 16.7 Å². The number of para-hydroxylation sites is 1. The lowest BCUT2D eigenvalue weighted by Gasteiger charge is -2.06. The summed E-state index contributed by atoms with van der Waals surface area (Å²) >= 11 is 0. The molecule has 0 radical (unpaired) electrons. The number of nitrogens with one attached hydrogen (secondary N) is 1. The summed E-state index contributed by atoms with van der Waals surface area (Å²) in [5.74, 6) is 0.557. The molecule has 0 amide bonds. The van der Waals surface area contributed by atoms with Crippen molar-refractivity contribution in [2.45, 2.75) is 6.42 Å². The second-order valence-corrected chi connectivity index (χ2v) is 5.12. The van der Waals surface area contributed by atoms with Crippen molar-refractivity contribution < 1.29 is 0 Å². The van der Waals surface area contributed by atoms with Gasteiger partial charge in [-0.25, -0.2) is 0 Å². The van der Waals surface area contributed by atoms with E-state index in [1.165, 1.54) is 5.56 Å². The summed E-state index contributed by atoms with van der Waals surface area (Å²) in [4.78, 5) is 8.95. The first kappa shape index (κ1) is 14.7. The molecule has 0 aliphatic heterocycles. The maximum Gasteiger partial charge on any atom is 0.182 e. The van der Waals surface area contributed by atoms with Gasteiger partial charge in [0.05, 0.1) is 5.52 Å². The third-order valence-corrected chi connectivity index (χ3v) is 3.55. The molecule has 0 saturated heterocycles. The largest absolute Gasteiger partial charge is 0.277 e. The van der Waals surface area contributed by atoms with E-state index >= 15 is 0 Å².